The maximum absolute atomic E-state index is 12.9. The van der Waals surface area contributed by atoms with Gasteiger partial charge >= 0.3 is 0 Å². The third kappa shape index (κ3) is 5.21. The summed E-state index contributed by atoms with van der Waals surface area (Å²) in [5, 5.41) is 5.50. The van der Waals surface area contributed by atoms with Gasteiger partial charge in [0.2, 0.25) is 21.8 Å². The molecule has 1 aliphatic rings. The summed E-state index contributed by atoms with van der Waals surface area (Å²) in [7, 11) is -3.62. The van der Waals surface area contributed by atoms with Crippen LogP contribution < -0.4 is 10.6 Å². The molecule has 1 saturated heterocycles. The SMILES string of the molecule is CC(=O)Nc1ccc(NC(=O)[C@H]2CCCN(S(=O)(=O)c3ccc(C)cc3)C2)cc1. The molecule has 3 rings (SSSR count). The summed E-state index contributed by atoms with van der Waals surface area (Å²) in [4.78, 5) is 24.0. The molecule has 1 atom stereocenters. The van der Waals surface area contributed by atoms with Crippen molar-refractivity contribution in [1.82, 2.24) is 4.31 Å². The standard InChI is InChI=1S/C21H25N3O4S/c1-15-5-11-20(12-6-15)29(27,28)24-13-3-4-17(14-24)21(26)23-19-9-7-18(8-10-19)22-16(2)25/h5-12,17H,3-4,13-14H2,1-2H3,(H,22,25)(H,23,26)/t17-/m0/s1. The van der Waals surface area contributed by atoms with Crippen molar-refractivity contribution in [2.24, 2.45) is 5.92 Å². The Balaban J connectivity index is 1.66. The molecule has 0 radical (unpaired) electrons. The van der Waals surface area contributed by atoms with Crippen LogP contribution in [0.15, 0.2) is 53.4 Å². The first kappa shape index (κ1) is 21.0. The predicted octanol–water partition coefficient (Wildman–Crippen LogP) is 2.99. The maximum Gasteiger partial charge on any atom is 0.243 e. The molecule has 1 aliphatic heterocycles. The molecule has 2 aromatic rings. The quantitative estimate of drug-likeness (QED) is 0.785. The van der Waals surface area contributed by atoms with Gasteiger partial charge in [-0.3, -0.25) is 9.59 Å². The smallest absolute Gasteiger partial charge is 0.243 e. The molecule has 0 bridgehead atoms. The van der Waals surface area contributed by atoms with E-state index < -0.39 is 15.9 Å². The van der Waals surface area contributed by atoms with Crippen LogP contribution in [0.3, 0.4) is 0 Å². The summed E-state index contributed by atoms with van der Waals surface area (Å²) < 4.78 is 27.2. The van der Waals surface area contributed by atoms with E-state index in [0.29, 0.717) is 30.8 Å². The number of carbonyl (C=O) groups excluding carboxylic acids is 2. The molecule has 154 valence electrons. The van der Waals surface area contributed by atoms with E-state index in [2.05, 4.69) is 10.6 Å². The minimum atomic E-state index is -3.62. The van der Waals surface area contributed by atoms with Gasteiger partial charge in [0, 0.05) is 31.4 Å². The first-order chi connectivity index (χ1) is 13.8. The molecule has 2 aromatic carbocycles. The number of rotatable bonds is 5. The van der Waals surface area contributed by atoms with E-state index >= 15 is 0 Å². The number of hydrogen-bond donors (Lipinski definition) is 2. The van der Waals surface area contributed by atoms with Gasteiger partial charge in [-0.25, -0.2) is 8.42 Å². The van der Waals surface area contributed by atoms with Crippen LogP contribution in [0.1, 0.15) is 25.3 Å². The third-order valence-electron chi connectivity index (χ3n) is 4.89. The number of hydrogen-bond acceptors (Lipinski definition) is 4. The molecule has 0 aliphatic carbocycles. The average molecular weight is 416 g/mol. The highest BCUT2D eigenvalue weighted by Crippen LogP contribution is 2.25. The number of anilines is 2. The van der Waals surface area contributed by atoms with Gasteiger partial charge in [-0.2, -0.15) is 4.31 Å². The van der Waals surface area contributed by atoms with Crippen LogP contribution in [0.25, 0.3) is 0 Å². The van der Waals surface area contributed by atoms with Gasteiger partial charge in [0.05, 0.1) is 10.8 Å². The molecule has 1 fully saturated rings. The Labute approximate surface area is 171 Å². The summed E-state index contributed by atoms with van der Waals surface area (Å²) in [5.74, 6) is -0.793. The summed E-state index contributed by atoms with van der Waals surface area (Å²) >= 11 is 0. The van der Waals surface area contributed by atoms with Gasteiger partial charge in [0.1, 0.15) is 0 Å². The fraction of sp³-hybridized carbons (Fsp3) is 0.333. The molecule has 29 heavy (non-hydrogen) atoms. The van der Waals surface area contributed by atoms with Crippen LogP contribution in [0.2, 0.25) is 0 Å². The molecule has 2 N–H and O–H groups in total. The first-order valence-corrected chi connectivity index (χ1v) is 10.9. The highest BCUT2D eigenvalue weighted by molar-refractivity contribution is 7.89. The molecule has 0 unspecified atom stereocenters. The van der Waals surface area contributed by atoms with Crippen LogP contribution in [0.5, 0.6) is 0 Å². The molecule has 8 heteroatoms. The van der Waals surface area contributed by atoms with Crippen molar-refractivity contribution >= 4 is 33.2 Å². The number of sulfonamides is 1. The van der Waals surface area contributed by atoms with Gasteiger partial charge in [-0.1, -0.05) is 17.7 Å². The second-order valence-electron chi connectivity index (χ2n) is 7.26. The van der Waals surface area contributed by atoms with Gasteiger partial charge in [0.25, 0.3) is 0 Å². The van der Waals surface area contributed by atoms with E-state index in [9.17, 15) is 18.0 Å². The van der Waals surface area contributed by atoms with E-state index in [0.717, 1.165) is 5.56 Å². The minimum Gasteiger partial charge on any atom is -0.326 e. The van der Waals surface area contributed by atoms with Crippen molar-refractivity contribution in [2.75, 3.05) is 23.7 Å². The summed E-state index contributed by atoms with van der Waals surface area (Å²) in [5.41, 5.74) is 2.23. The van der Waals surface area contributed by atoms with Crippen LogP contribution in [0, 0.1) is 12.8 Å². The molecule has 1 heterocycles. The Morgan fingerprint density at radius 3 is 2.14 bits per heavy atom. The number of piperidine rings is 1. The lowest BCUT2D eigenvalue weighted by molar-refractivity contribution is -0.121. The lowest BCUT2D eigenvalue weighted by atomic mass is 9.98. The first-order valence-electron chi connectivity index (χ1n) is 9.51. The lowest BCUT2D eigenvalue weighted by Crippen LogP contribution is -2.43. The normalized spacial score (nSPS) is 17.5. The van der Waals surface area contributed by atoms with Crippen LogP contribution in [0.4, 0.5) is 11.4 Å². The van der Waals surface area contributed by atoms with Crippen LogP contribution in [-0.2, 0) is 19.6 Å². The number of amides is 2. The van der Waals surface area contributed by atoms with E-state index in [1.807, 2.05) is 6.92 Å². The zero-order chi connectivity index (χ0) is 21.0. The number of nitrogens with one attached hydrogen (secondary N) is 2. The Bertz CT molecular complexity index is 986. The van der Waals surface area contributed by atoms with Crippen molar-refractivity contribution in [3.63, 3.8) is 0 Å². The monoisotopic (exact) mass is 415 g/mol. The van der Waals surface area contributed by atoms with Gasteiger partial charge in [0.15, 0.2) is 0 Å². The third-order valence-corrected chi connectivity index (χ3v) is 6.77. The summed E-state index contributed by atoms with van der Waals surface area (Å²) in [6, 6.07) is 13.5. The Morgan fingerprint density at radius 2 is 1.55 bits per heavy atom. The van der Waals surface area contributed by atoms with Gasteiger partial charge in [-0.05, 0) is 56.2 Å². The lowest BCUT2D eigenvalue weighted by Gasteiger charge is -2.31. The number of carbonyl (C=O) groups is 2. The Hall–Kier alpha value is -2.71. The zero-order valence-electron chi connectivity index (χ0n) is 16.5. The number of nitrogens with zero attached hydrogens (tertiary/aromatic N) is 1. The number of benzene rings is 2. The number of aryl methyl sites for hydroxylation is 1. The Kier molecular flexibility index (Phi) is 6.34. The fourth-order valence-electron chi connectivity index (χ4n) is 3.32. The summed E-state index contributed by atoms with van der Waals surface area (Å²) in [6.07, 6.45) is 1.26. The van der Waals surface area contributed by atoms with Crippen molar-refractivity contribution < 1.29 is 18.0 Å². The van der Waals surface area contributed by atoms with Crippen LogP contribution >= 0.6 is 0 Å². The molecule has 0 aromatic heterocycles. The molecular weight excluding hydrogens is 390 g/mol. The molecular formula is C21H25N3O4S. The van der Waals surface area contributed by atoms with E-state index in [-0.39, 0.29) is 23.3 Å². The van der Waals surface area contributed by atoms with E-state index in [1.165, 1.54) is 11.2 Å². The summed E-state index contributed by atoms with van der Waals surface area (Å²) in [6.45, 7) is 3.90. The van der Waals surface area contributed by atoms with Crippen molar-refractivity contribution in [3.05, 3.63) is 54.1 Å². The van der Waals surface area contributed by atoms with E-state index in [1.54, 1.807) is 48.5 Å². The highest BCUT2D eigenvalue weighted by Gasteiger charge is 2.33. The van der Waals surface area contributed by atoms with E-state index in [4.69, 9.17) is 0 Å². The molecule has 7 nitrogen and oxygen atoms in total. The molecule has 0 saturated carbocycles. The second-order valence-corrected chi connectivity index (χ2v) is 9.20. The largest absolute Gasteiger partial charge is 0.326 e. The Morgan fingerprint density at radius 1 is 0.966 bits per heavy atom. The van der Waals surface area contributed by atoms with Crippen molar-refractivity contribution in [3.8, 4) is 0 Å². The highest BCUT2D eigenvalue weighted by atomic mass is 32.2. The fourth-order valence-corrected chi connectivity index (χ4v) is 4.84. The topological polar surface area (TPSA) is 95.6 Å². The predicted molar refractivity (Wildman–Crippen MR) is 112 cm³/mol. The van der Waals surface area contributed by atoms with Crippen LogP contribution in [-0.4, -0.2) is 37.6 Å². The minimum absolute atomic E-state index is 0.159. The van der Waals surface area contributed by atoms with Gasteiger partial charge in [-0.15, -0.1) is 0 Å². The molecule has 0 spiro atoms. The maximum atomic E-state index is 12.9. The zero-order valence-corrected chi connectivity index (χ0v) is 17.3. The van der Waals surface area contributed by atoms with Gasteiger partial charge < -0.3 is 10.6 Å². The van der Waals surface area contributed by atoms with Crippen molar-refractivity contribution in [2.45, 2.75) is 31.6 Å². The average Bonchev–Trinajstić information content (AvgIpc) is 2.69. The van der Waals surface area contributed by atoms with Crippen molar-refractivity contribution in [1.29, 1.82) is 0 Å². The second kappa shape index (κ2) is 8.75. The molecule has 2 amide bonds.